The number of ether oxygens (including phenoxy) is 1. The Morgan fingerprint density at radius 2 is 2.19 bits per heavy atom. The highest BCUT2D eigenvalue weighted by Gasteiger charge is 2.31. The number of nitrogens with zero attached hydrogens (tertiary/aromatic N) is 1. The first-order chi connectivity index (χ1) is 10.3. The number of likely N-dealkylation sites (tertiary alicyclic amines) is 1. The van der Waals surface area contributed by atoms with Crippen LogP contribution in [0.1, 0.15) is 29.0 Å². The molecule has 0 N–H and O–H groups in total. The third kappa shape index (κ3) is 2.79. The predicted octanol–water partition coefficient (Wildman–Crippen LogP) is 3.14. The van der Waals surface area contributed by atoms with E-state index >= 15 is 0 Å². The maximum absolute atomic E-state index is 12.5. The van der Waals surface area contributed by atoms with Gasteiger partial charge in [-0.05, 0) is 43.0 Å². The van der Waals surface area contributed by atoms with E-state index in [1.807, 2.05) is 23.1 Å². The zero-order chi connectivity index (χ0) is 14.7. The second-order valence-corrected chi connectivity index (χ2v) is 5.29. The normalized spacial score (nSPS) is 18.0. The number of carbonyl (C=O) groups excluding carboxylic acids is 1. The molecule has 1 fully saturated rings. The van der Waals surface area contributed by atoms with Crippen molar-refractivity contribution in [2.45, 2.75) is 25.3 Å². The molecule has 0 saturated carbocycles. The molecule has 0 unspecified atom stereocenters. The Morgan fingerprint density at radius 3 is 2.95 bits per heavy atom. The van der Waals surface area contributed by atoms with Crippen molar-refractivity contribution in [2.24, 2.45) is 0 Å². The molecule has 0 radical (unpaired) electrons. The zero-order valence-electron chi connectivity index (χ0n) is 12.1. The minimum absolute atomic E-state index is 0.0163. The first kappa shape index (κ1) is 13.7. The lowest BCUT2D eigenvalue weighted by Crippen LogP contribution is -2.36. The first-order valence-electron chi connectivity index (χ1n) is 7.26. The van der Waals surface area contributed by atoms with Crippen LogP contribution >= 0.6 is 0 Å². The van der Waals surface area contributed by atoms with Crippen LogP contribution in [0.2, 0.25) is 0 Å². The Kier molecular flexibility index (Phi) is 3.95. The summed E-state index contributed by atoms with van der Waals surface area (Å²) in [5, 5.41) is 0. The van der Waals surface area contributed by atoms with E-state index < -0.39 is 0 Å². The van der Waals surface area contributed by atoms with E-state index in [-0.39, 0.29) is 11.9 Å². The summed E-state index contributed by atoms with van der Waals surface area (Å²) >= 11 is 0. The van der Waals surface area contributed by atoms with Crippen molar-refractivity contribution in [2.75, 3.05) is 13.7 Å². The molecule has 0 spiro atoms. The fourth-order valence-corrected chi connectivity index (χ4v) is 2.98. The van der Waals surface area contributed by atoms with E-state index in [2.05, 4.69) is 6.07 Å². The van der Waals surface area contributed by atoms with Crippen LogP contribution in [0.5, 0.6) is 5.75 Å². The van der Waals surface area contributed by atoms with Crippen molar-refractivity contribution in [3.63, 3.8) is 0 Å². The van der Waals surface area contributed by atoms with Gasteiger partial charge in [-0.2, -0.15) is 0 Å². The van der Waals surface area contributed by atoms with Gasteiger partial charge in [0.2, 0.25) is 0 Å². The average Bonchev–Trinajstić information content (AvgIpc) is 3.18. The van der Waals surface area contributed by atoms with Gasteiger partial charge in [-0.15, -0.1) is 0 Å². The molecular formula is C17H19NO3. The van der Waals surface area contributed by atoms with E-state index in [1.54, 1.807) is 25.5 Å². The summed E-state index contributed by atoms with van der Waals surface area (Å²) in [6, 6.07) is 11.7. The van der Waals surface area contributed by atoms with Gasteiger partial charge in [0, 0.05) is 12.6 Å². The summed E-state index contributed by atoms with van der Waals surface area (Å²) in [5.41, 5.74) is 1.14. The van der Waals surface area contributed by atoms with E-state index in [0.717, 1.165) is 37.1 Å². The molecule has 1 aromatic carbocycles. The topological polar surface area (TPSA) is 42.7 Å². The van der Waals surface area contributed by atoms with Crippen LogP contribution < -0.4 is 4.74 Å². The lowest BCUT2D eigenvalue weighted by atomic mass is 10.0. The van der Waals surface area contributed by atoms with Gasteiger partial charge in [0.15, 0.2) is 5.76 Å². The summed E-state index contributed by atoms with van der Waals surface area (Å²) in [4.78, 5) is 14.4. The van der Waals surface area contributed by atoms with Crippen LogP contribution in [0.4, 0.5) is 0 Å². The Morgan fingerprint density at radius 1 is 1.33 bits per heavy atom. The van der Waals surface area contributed by atoms with Gasteiger partial charge in [0.05, 0.1) is 13.4 Å². The van der Waals surface area contributed by atoms with Gasteiger partial charge >= 0.3 is 0 Å². The summed E-state index contributed by atoms with van der Waals surface area (Å²) < 4.78 is 10.6. The second-order valence-electron chi connectivity index (χ2n) is 5.29. The minimum atomic E-state index is -0.0163. The molecule has 2 aromatic rings. The number of benzene rings is 1. The Balaban J connectivity index is 1.77. The minimum Gasteiger partial charge on any atom is -0.496 e. The molecule has 1 amide bonds. The number of carbonyl (C=O) groups is 1. The maximum Gasteiger partial charge on any atom is 0.289 e. The van der Waals surface area contributed by atoms with Crippen molar-refractivity contribution in [3.05, 3.63) is 54.0 Å². The molecule has 1 saturated heterocycles. The maximum atomic E-state index is 12.5. The highest BCUT2D eigenvalue weighted by molar-refractivity contribution is 5.91. The molecule has 3 rings (SSSR count). The number of amides is 1. The number of rotatable bonds is 4. The van der Waals surface area contributed by atoms with E-state index in [9.17, 15) is 4.79 Å². The first-order valence-corrected chi connectivity index (χ1v) is 7.26. The Labute approximate surface area is 124 Å². The standard InChI is InChI=1S/C17H19NO3/c1-20-15-8-3-2-6-13(15)12-14-7-4-10-18(14)17(19)16-9-5-11-21-16/h2-3,5-6,8-9,11,14H,4,7,10,12H2,1H3/t14-/m1/s1. The highest BCUT2D eigenvalue weighted by atomic mass is 16.5. The van der Waals surface area contributed by atoms with Crippen LogP contribution in [0.3, 0.4) is 0 Å². The fraction of sp³-hybridized carbons (Fsp3) is 0.353. The molecule has 0 bridgehead atoms. The van der Waals surface area contributed by atoms with Crippen molar-refractivity contribution in [1.29, 1.82) is 0 Å². The molecular weight excluding hydrogens is 266 g/mol. The SMILES string of the molecule is COc1ccccc1C[C@H]1CCCN1C(=O)c1ccco1. The lowest BCUT2D eigenvalue weighted by molar-refractivity contribution is 0.0703. The van der Waals surface area contributed by atoms with Gasteiger partial charge in [0.1, 0.15) is 5.75 Å². The van der Waals surface area contributed by atoms with Gasteiger partial charge in [-0.3, -0.25) is 4.79 Å². The van der Waals surface area contributed by atoms with E-state index in [4.69, 9.17) is 9.15 Å². The largest absolute Gasteiger partial charge is 0.496 e. The number of furan rings is 1. The van der Waals surface area contributed by atoms with Crippen molar-refractivity contribution >= 4 is 5.91 Å². The monoisotopic (exact) mass is 285 g/mol. The molecule has 0 aliphatic carbocycles. The third-order valence-corrected chi connectivity index (χ3v) is 4.02. The summed E-state index contributed by atoms with van der Waals surface area (Å²) in [5.74, 6) is 1.29. The number of methoxy groups -OCH3 is 1. The highest BCUT2D eigenvalue weighted by Crippen LogP contribution is 2.27. The fourth-order valence-electron chi connectivity index (χ4n) is 2.98. The van der Waals surface area contributed by atoms with Crippen LogP contribution in [0.25, 0.3) is 0 Å². The number of hydrogen-bond donors (Lipinski definition) is 0. The third-order valence-electron chi connectivity index (χ3n) is 4.02. The Bertz CT molecular complexity index is 606. The zero-order valence-corrected chi connectivity index (χ0v) is 12.1. The molecule has 2 heterocycles. The van der Waals surface area contributed by atoms with E-state index in [1.165, 1.54) is 0 Å². The molecule has 1 aromatic heterocycles. The van der Waals surface area contributed by atoms with E-state index in [0.29, 0.717) is 5.76 Å². The molecule has 4 nitrogen and oxygen atoms in total. The van der Waals surface area contributed by atoms with Gasteiger partial charge in [0.25, 0.3) is 5.91 Å². The molecule has 110 valence electrons. The molecule has 1 aliphatic heterocycles. The van der Waals surface area contributed by atoms with Crippen LogP contribution in [0, 0.1) is 0 Å². The van der Waals surface area contributed by atoms with Crippen molar-refractivity contribution < 1.29 is 13.9 Å². The lowest BCUT2D eigenvalue weighted by Gasteiger charge is -2.24. The second kappa shape index (κ2) is 6.04. The molecule has 1 atom stereocenters. The summed E-state index contributed by atoms with van der Waals surface area (Å²) in [6.07, 6.45) is 4.41. The van der Waals surface area contributed by atoms with Crippen LogP contribution in [0.15, 0.2) is 47.1 Å². The van der Waals surface area contributed by atoms with Gasteiger partial charge in [-0.1, -0.05) is 18.2 Å². The number of para-hydroxylation sites is 1. The van der Waals surface area contributed by atoms with Crippen LogP contribution in [-0.4, -0.2) is 30.5 Å². The smallest absolute Gasteiger partial charge is 0.289 e. The quantitative estimate of drug-likeness (QED) is 0.866. The Hall–Kier alpha value is -2.23. The number of hydrogen-bond acceptors (Lipinski definition) is 3. The molecule has 1 aliphatic rings. The van der Waals surface area contributed by atoms with Gasteiger partial charge in [-0.25, -0.2) is 0 Å². The molecule has 4 heteroatoms. The van der Waals surface area contributed by atoms with Crippen molar-refractivity contribution in [1.82, 2.24) is 4.90 Å². The van der Waals surface area contributed by atoms with Crippen molar-refractivity contribution in [3.8, 4) is 5.75 Å². The van der Waals surface area contributed by atoms with Crippen LogP contribution in [-0.2, 0) is 6.42 Å². The average molecular weight is 285 g/mol. The predicted molar refractivity (Wildman–Crippen MR) is 79.5 cm³/mol. The summed E-state index contributed by atoms with van der Waals surface area (Å²) in [6.45, 7) is 0.791. The molecule has 21 heavy (non-hydrogen) atoms. The van der Waals surface area contributed by atoms with Gasteiger partial charge < -0.3 is 14.1 Å². The summed E-state index contributed by atoms with van der Waals surface area (Å²) in [7, 11) is 1.68.